The minimum Gasteiger partial charge on any atom is -0.396 e. The highest BCUT2D eigenvalue weighted by Gasteiger charge is 2.36. The number of rotatable bonds is 8. The van der Waals surface area contributed by atoms with E-state index in [2.05, 4.69) is 44.7 Å². The first-order valence-electron chi connectivity index (χ1n) is 8.35. The molecule has 0 amide bonds. The van der Waals surface area contributed by atoms with Crippen molar-refractivity contribution in [1.82, 2.24) is 9.80 Å². The fraction of sp³-hybridized carbons (Fsp3) is 1.00. The van der Waals surface area contributed by atoms with Gasteiger partial charge in [0.05, 0.1) is 0 Å². The Bertz CT molecular complexity index is 268. The molecule has 0 aromatic carbocycles. The van der Waals surface area contributed by atoms with Gasteiger partial charge >= 0.3 is 0 Å². The topological polar surface area (TPSA) is 26.7 Å². The third-order valence-electron chi connectivity index (χ3n) is 4.57. The van der Waals surface area contributed by atoms with Crippen molar-refractivity contribution in [2.45, 2.75) is 46.5 Å². The van der Waals surface area contributed by atoms with Gasteiger partial charge < -0.3 is 14.9 Å². The fourth-order valence-corrected chi connectivity index (χ4v) is 3.67. The molecule has 0 aliphatic heterocycles. The third-order valence-corrected chi connectivity index (χ3v) is 4.57. The van der Waals surface area contributed by atoms with Crippen LogP contribution in [0.1, 0.15) is 46.5 Å². The average Bonchev–Trinajstić information content (AvgIpc) is 2.35. The summed E-state index contributed by atoms with van der Waals surface area (Å²) in [4.78, 5) is 4.83. The Kier molecular flexibility index (Phi) is 7.49. The molecule has 20 heavy (non-hydrogen) atoms. The van der Waals surface area contributed by atoms with Gasteiger partial charge in [0.15, 0.2) is 0 Å². The molecule has 1 fully saturated rings. The molecule has 0 saturated heterocycles. The summed E-state index contributed by atoms with van der Waals surface area (Å²) in [7, 11) is 4.27. The van der Waals surface area contributed by atoms with Gasteiger partial charge in [0.1, 0.15) is 0 Å². The van der Waals surface area contributed by atoms with Crippen LogP contribution in [0.2, 0.25) is 0 Å². The number of aliphatic hydroxyl groups is 1. The van der Waals surface area contributed by atoms with E-state index in [0.29, 0.717) is 12.5 Å². The Morgan fingerprint density at radius 1 is 1.25 bits per heavy atom. The molecule has 3 heteroatoms. The Hall–Kier alpha value is -0.120. The largest absolute Gasteiger partial charge is 0.396 e. The van der Waals surface area contributed by atoms with E-state index in [-0.39, 0.29) is 5.41 Å². The maximum atomic E-state index is 9.98. The van der Waals surface area contributed by atoms with E-state index >= 15 is 0 Å². The second-order valence-electron chi connectivity index (χ2n) is 7.79. The van der Waals surface area contributed by atoms with Crippen molar-refractivity contribution < 1.29 is 5.11 Å². The van der Waals surface area contributed by atoms with E-state index in [4.69, 9.17) is 0 Å². The van der Waals surface area contributed by atoms with Crippen LogP contribution < -0.4 is 0 Å². The summed E-state index contributed by atoms with van der Waals surface area (Å²) in [6, 6.07) is 0. The molecule has 3 nitrogen and oxygen atoms in total. The first-order chi connectivity index (χ1) is 9.37. The summed E-state index contributed by atoms with van der Waals surface area (Å²) in [5, 5.41) is 9.98. The van der Waals surface area contributed by atoms with Crippen molar-refractivity contribution in [1.29, 1.82) is 0 Å². The standard InChI is InChI=1S/C17H36N2O/c1-15(2)12-19(10-9-18(4)5)13-17(14-20)8-6-7-16(3)11-17/h15-16,20H,6-14H2,1-5H3. The molecule has 1 saturated carbocycles. The molecule has 0 spiro atoms. The van der Waals surface area contributed by atoms with Crippen LogP contribution in [0.5, 0.6) is 0 Å². The predicted molar refractivity (Wildman–Crippen MR) is 87.0 cm³/mol. The van der Waals surface area contributed by atoms with E-state index < -0.39 is 0 Å². The first-order valence-corrected chi connectivity index (χ1v) is 8.35. The first kappa shape index (κ1) is 17.9. The Morgan fingerprint density at radius 2 is 1.95 bits per heavy atom. The highest BCUT2D eigenvalue weighted by atomic mass is 16.3. The lowest BCUT2D eigenvalue weighted by Crippen LogP contribution is -2.46. The Labute approximate surface area is 126 Å². The van der Waals surface area contributed by atoms with Crippen LogP contribution in [0.4, 0.5) is 0 Å². The Morgan fingerprint density at radius 3 is 2.45 bits per heavy atom. The highest BCUT2D eigenvalue weighted by Crippen LogP contribution is 2.39. The molecule has 2 atom stereocenters. The molecule has 1 rings (SSSR count). The van der Waals surface area contributed by atoms with Crippen molar-refractivity contribution in [3.05, 3.63) is 0 Å². The third kappa shape index (κ3) is 6.11. The summed E-state index contributed by atoms with van der Waals surface area (Å²) < 4.78 is 0. The van der Waals surface area contributed by atoms with Crippen molar-refractivity contribution in [3.8, 4) is 0 Å². The number of hydrogen-bond donors (Lipinski definition) is 1. The monoisotopic (exact) mass is 284 g/mol. The molecule has 0 aromatic heterocycles. The number of hydrogen-bond acceptors (Lipinski definition) is 3. The van der Waals surface area contributed by atoms with Gasteiger partial charge in [-0.25, -0.2) is 0 Å². The molecule has 0 bridgehead atoms. The molecule has 120 valence electrons. The molecule has 0 radical (unpaired) electrons. The summed E-state index contributed by atoms with van der Waals surface area (Å²) in [5.41, 5.74) is 0.152. The highest BCUT2D eigenvalue weighted by molar-refractivity contribution is 4.88. The van der Waals surface area contributed by atoms with Crippen molar-refractivity contribution >= 4 is 0 Å². The van der Waals surface area contributed by atoms with Gasteiger partial charge in [0.25, 0.3) is 0 Å². The molecular weight excluding hydrogens is 248 g/mol. The molecule has 2 unspecified atom stereocenters. The van der Waals surface area contributed by atoms with Gasteiger partial charge in [-0.3, -0.25) is 0 Å². The van der Waals surface area contributed by atoms with Crippen LogP contribution in [0.15, 0.2) is 0 Å². The van der Waals surface area contributed by atoms with Gasteiger partial charge in [0, 0.05) is 38.2 Å². The lowest BCUT2D eigenvalue weighted by molar-refractivity contribution is 0.0192. The minimum atomic E-state index is 0.152. The lowest BCUT2D eigenvalue weighted by Gasteiger charge is -2.42. The van der Waals surface area contributed by atoms with Gasteiger partial charge in [-0.05, 0) is 38.8 Å². The van der Waals surface area contributed by atoms with Crippen molar-refractivity contribution in [2.24, 2.45) is 17.3 Å². The van der Waals surface area contributed by atoms with E-state index in [1.807, 2.05) is 0 Å². The Balaban J connectivity index is 2.64. The number of likely N-dealkylation sites (N-methyl/N-ethyl adjacent to an activating group) is 1. The second kappa shape index (κ2) is 8.35. The van der Waals surface area contributed by atoms with Crippen LogP contribution in [0.25, 0.3) is 0 Å². The van der Waals surface area contributed by atoms with Crippen LogP contribution in [-0.4, -0.2) is 61.8 Å². The molecule has 1 aliphatic rings. The van der Waals surface area contributed by atoms with Gasteiger partial charge in [0.2, 0.25) is 0 Å². The summed E-state index contributed by atoms with van der Waals surface area (Å²) in [6.07, 6.45) is 5.01. The van der Waals surface area contributed by atoms with Crippen LogP contribution in [-0.2, 0) is 0 Å². The van der Waals surface area contributed by atoms with Crippen molar-refractivity contribution in [2.75, 3.05) is 46.9 Å². The normalized spacial score (nSPS) is 27.8. The van der Waals surface area contributed by atoms with Crippen LogP contribution >= 0.6 is 0 Å². The maximum Gasteiger partial charge on any atom is 0.0499 e. The summed E-state index contributed by atoms with van der Waals surface area (Å²) in [6.45, 7) is 11.7. The molecule has 0 aromatic rings. The van der Waals surface area contributed by atoms with E-state index in [1.165, 1.54) is 25.7 Å². The second-order valence-corrected chi connectivity index (χ2v) is 7.79. The zero-order valence-electron chi connectivity index (χ0n) is 14.4. The van der Waals surface area contributed by atoms with Crippen LogP contribution in [0, 0.1) is 17.3 Å². The number of nitrogens with zero attached hydrogens (tertiary/aromatic N) is 2. The molecule has 1 aliphatic carbocycles. The quantitative estimate of drug-likeness (QED) is 0.742. The minimum absolute atomic E-state index is 0.152. The van der Waals surface area contributed by atoms with Gasteiger partial charge in [-0.15, -0.1) is 0 Å². The average molecular weight is 284 g/mol. The molecular formula is C17H36N2O. The van der Waals surface area contributed by atoms with E-state index in [0.717, 1.165) is 32.1 Å². The lowest BCUT2D eigenvalue weighted by atomic mass is 9.70. The molecule has 1 N–H and O–H groups in total. The van der Waals surface area contributed by atoms with Gasteiger partial charge in [-0.2, -0.15) is 0 Å². The van der Waals surface area contributed by atoms with E-state index in [1.54, 1.807) is 0 Å². The van der Waals surface area contributed by atoms with Crippen LogP contribution in [0.3, 0.4) is 0 Å². The fourth-order valence-electron chi connectivity index (χ4n) is 3.67. The number of aliphatic hydroxyl groups excluding tert-OH is 1. The zero-order valence-corrected chi connectivity index (χ0v) is 14.4. The SMILES string of the molecule is CC(C)CN(CCN(C)C)CC1(CO)CCCC(C)C1. The van der Waals surface area contributed by atoms with Crippen molar-refractivity contribution in [3.63, 3.8) is 0 Å². The predicted octanol–water partition coefficient (Wildman–Crippen LogP) is 2.69. The summed E-state index contributed by atoms with van der Waals surface area (Å²) in [5.74, 6) is 1.46. The zero-order chi connectivity index (χ0) is 15.2. The maximum absolute atomic E-state index is 9.98. The van der Waals surface area contributed by atoms with E-state index in [9.17, 15) is 5.11 Å². The van der Waals surface area contributed by atoms with Gasteiger partial charge in [-0.1, -0.05) is 33.6 Å². The smallest absolute Gasteiger partial charge is 0.0499 e. The summed E-state index contributed by atoms with van der Waals surface area (Å²) >= 11 is 0. The molecule has 0 heterocycles.